The van der Waals surface area contributed by atoms with Crippen LogP contribution in [0.2, 0.25) is 0 Å². The number of hydrogen-bond donors (Lipinski definition) is 2. The van der Waals surface area contributed by atoms with Gasteiger partial charge in [0.15, 0.2) is 0 Å². The lowest BCUT2D eigenvalue weighted by molar-refractivity contribution is -0.121. The summed E-state index contributed by atoms with van der Waals surface area (Å²) >= 11 is 0. The molecule has 7 nitrogen and oxygen atoms in total. The number of amides is 1. The molecular formula is C10H16N6O. The Bertz CT molecular complexity index is 386. The van der Waals surface area contributed by atoms with Gasteiger partial charge in [-0.05, 0) is 29.8 Å². The SMILES string of the molecule is O=C(Cn1cnnn1)NCCC1=CCNCC1. The largest absolute Gasteiger partial charge is 0.354 e. The van der Waals surface area contributed by atoms with Crippen LogP contribution in [0.1, 0.15) is 12.8 Å². The minimum atomic E-state index is -0.0631. The molecule has 1 amide bonds. The first-order valence-electron chi connectivity index (χ1n) is 5.70. The molecule has 2 N–H and O–H groups in total. The minimum absolute atomic E-state index is 0.0631. The van der Waals surface area contributed by atoms with E-state index in [0.717, 1.165) is 25.9 Å². The molecule has 0 radical (unpaired) electrons. The number of carbonyl (C=O) groups is 1. The van der Waals surface area contributed by atoms with E-state index in [-0.39, 0.29) is 12.5 Å². The first-order chi connectivity index (χ1) is 8.34. The fraction of sp³-hybridized carbons (Fsp3) is 0.600. The molecule has 1 aliphatic heterocycles. The highest BCUT2D eigenvalue weighted by molar-refractivity contribution is 5.75. The predicted molar refractivity (Wildman–Crippen MR) is 61.0 cm³/mol. The standard InChI is InChI=1S/C10H16N6O/c17-10(7-16-8-13-14-15-16)12-6-3-9-1-4-11-5-2-9/h1,8,11H,2-7H2,(H,12,17). The van der Waals surface area contributed by atoms with E-state index >= 15 is 0 Å². The zero-order chi connectivity index (χ0) is 11.9. The van der Waals surface area contributed by atoms with Crippen molar-refractivity contribution in [2.24, 2.45) is 0 Å². The molecule has 0 atom stereocenters. The van der Waals surface area contributed by atoms with E-state index in [0.29, 0.717) is 6.54 Å². The third kappa shape index (κ3) is 3.95. The molecular weight excluding hydrogens is 220 g/mol. The maximum absolute atomic E-state index is 11.5. The first kappa shape index (κ1) is 11.7. The van der Waals surface area contributed by atoms with Crippen LogP contribution in [0.15, 0.2) is 18.0 Å². The molecule has 7 heteroatoms. The van der Waals surface area contributed by atoms with Gasteiger partial charge in [0.25, 0.3) is 0 Å². The second-order valence-electron chi connectivity index (χ2n) is 3.92. The van der Waals surface area contributed by atoms with Gasteiger partial charge >= 0.3 is 0 Å². The van der Waals surface area contributed by atoms with Crippen molar-refractivity contribution in [3.8, 4) is 0 Å². The van der Waals surface area contributed by atoms with Crippen LogP contribution < -0.4 is 10.6 Å². The van der Waals surface area contributed by atoms with Crippen LogP contribution in [-0.4, -0.2) is 45.7 Å². The van der Waals surface area contributed by atoms with Crippen molar-refractivity contribution in [2.45, 2.75) is 19.4 Å². The summed E-state index contributed by atoms with van der Waals surface area (Å²) in [6, 6.07) is 0. The Labute approximate surface area is 99.3 Å². The summed E-state index contributed by atoms with van der Waals surface area (Å²) in [5.41, 5.74) is 1.41. The van der Waals surface area contributed by atoms with Gasteiger partial charge in [0, 0.05) is 13.1 Å². The summed E-state index contributed by atoms with van der Waals surface area (Å²) in [7, 11) is 0. The van der Waals surface area contributed by atoms with Gasteiger partial charge in [-0.25, -0.2) is 4.68 Å². The van der Waals surface area contributed by atoms with Crippen molar-refractivity contribution >= 4 is 5.91 Å². The van der Waals surface area contributed by atoms with E-state index in [9.17, 15) is 4.79 Å². The van der Waals surface area contributed by atoms with Gasteiger partial charge in [0.2, 0.25) is 5.91 Å². The molecule has 1 aliphatic rings. The van der Waals surface area contributed by atoms with Gasteiger partial charge in [-0.1, -0.05) is 11.6 Å². The van der Waals surface area contributed by atoms with E-state index in [1.165, 1.54) is 16.6 Å². The number of aromatic nitrogens is 4. The van der Waals surface area contributed by atoms with Gasteiger partial charge < -0.3 is 10.6 Å². The molecule has 0 saturated carbocycles. The van der Waals surface area contributed by atoms with Crippen LogP contribution in [0.5, 0.6) is 0 Å². The van der Waals surface area contributed by atoms with Crippen molar-refractivity contribution in [2.75, 3.05) is 19.6 Å². The molecule has 0 saturated heterocycles. The third-order valence-corrected chi connectivity index (χ3v) is 2.62. The molecule has 2 rings (SSSR count). The second-order valence-corrected chi connectivity index (χ2v) is 3.92. The van der Waals surface area contributed by atoms with E-state index in [1.54, 1.807) is 0 Å². The zero-order valence-corrected chi connectivity index (χ0v) is 9.59. The lowest BCUT2D eigenvalue weighted by Crippen LogP contribution is -2.29. The van der Waals surface area contributed by atoms with E-state index in [4.69, 9.17) is 0 Å². The molecule has 0 bridgehead atoms. The topological polar surface area (TPSA) is 84.7 Å². The fourth-order valence-corrected chi connectivity index (χ4v) is 1.71. The Balaban J connectivity index is 1.64. The Hall–Kier alpha value is -1.76. The van der Waals surface area contributed by atoms with Gasteiger partial charge in [-0.15, -0.1) is 5.10 Å². The Kier molecular flexibility index (Phi) is 4.20. The highest BCUT2D eigenvalue weighted by Crippen LogP contribution is 2.07. The maximum atomic E-state index is 11.5. The van der Waals surface area contributed by atoms with Crippen molar-refractivity contribution in [1.29, 1.82) is 0 Å². The van der Waals surface area contributed by atoms with Crippen LogP contribution in [0.25, 0.3) is 0 Å². The highest BCUT2D eigenvalue weighted by atomic mass is 16.2. The van der Waals surface area contributed by atoms with E-state index in [1.807, 2.05) is 0 Å². The monoisotopic (exact) mass is 236 g/mol. The summed E-state index contributed by atoms with van der Waals surface area (Å²) in [5, 5.41) is 16.7. The van der Waals surface area contributed by atoms with Crippen LogP contribution >= 0.6 is 0 Å². The second kappa shape index (κ2) is 6.09. The number of carbonyl (C=O) groups excluding carboxylic acids is 1. The average Bonchev–Trinajstić information content (AvgIpc) is 2.83. The van der Waals surface area contributed by atoms with Crippen LogP contribution in [0.4, 0.5) is 0 Å². The number of tetrazole rings is 1. The molecule has 17 heavy (non-hydrogen) atoms. The molecule has 2 heterocycles. The molecule has 0 aromatic carbocycles. The fourth-order valence-electron chi connectivity index (χ4n) is 1.71. The zero-order valence-electron chi connectivity index (χ0n) is 9.59. The molecule has 1 aromatic rings. The summed E-state index contributed by atoms with van der Waals surface area (Å²) in [5.74, 6) is -0.0631. The van der Waals surface area contributed by atoms with Gasteiger partial charge in [-0.3, -0.25) is 4.79 Å². The first-order valence-corrected chi connectivity index (χ1v) is 5.70. The van der Waals surface area contributed by atoms with Crippen LogP contribution in [-0.2, 0) is 11.3 Å². The molecule has 0 spiro atoms. The van der Waals surface area contributed by atoms with Crippen molar-refractivity contribution < 1.29 is 4.79 Å². The van der Waals surface area contributed by atoms with E-state index < -0.39 is 0 Å². The number of nitrogens with one attached hydrogen (secondary N) is 2. The van der Waals surface area contributed by atoms with Crippen molar-refractivity contribution in [3.63, 3.8) is 0 Å². The quantitative estimate of drug-likeness (QED) is 0.647. The Morgan fingerprint density at radius 1 is 1.59 bits per heavy atom. The van der Waals surface area contributed by atoms with Gasteiger partial charge in [0.05, 0.1) is 0 Å². The van der Waals surface area contributed by atoms with Gasteiger partial charge in [-0.2, -0.15) is 0 Å². The van der Waals surface area contributed by atoms with Crippen LogP contribution in [0, 0.1) is 0 Å². The summed E-state index contributed by atoms with van der Waals surface area (Å²) in [4.78, 5) is 11.5. The molecule has 0 unspecified atom stereocenters. The number of nitrogens with zero attached hydrogens (tertiary/aromatic N) is 4. The number of rotatable bonds is 5. The molecule has 1 aromatic heterocycles. The van der Waals surface area contributed by atoms with Crippen molar-refractivity contribution in [1.82, 2.24) is 30.8 Å². The Morgan fingerprint density at radius 3 is 3.24 bits per heavy atom. The molecule has 0 fully saturated rings. The highest BCUT2D eigenvalue weighted by Gasteiger charge is 2.05. The average molecular weight is 236 g/mol. The third-order valence-electron chi connectivity index (χ3n) is 2.62. The normalized spacial score (nSPS) is 15.4. The molecule has 0 aliphatic carbocycles. The number of hydrogen-bond acceptors (Lipinski definition) is 5. The Morgan fingerprint density at radius 2 is 2.53 bits per heavy atom. The minimum Gasteiger partial charge on any atom is -0.354 e. The summed E-state index contributed by atoms with van der Waals surface area (Å²) in [6.45, 7) is 2.82. The van der Waals surface area contributed by atoms with Crippen LogP contribution in [0.3, 0.4) is 0 Å². The summed E-state index contributed by atoms with van der Waals surface area (Å²) < 4.78 is 1.40. The van der Waals surface area contributed by atoms with Gasteiger partial charge in [0.1, 0.15) is 12.9 Å². The summed E-state index contributed by atoms with van der Waals surface area (Å²) in [6.07, 6.45) is 5.61. The maximum Gasteiger partial charge on any atom is 0.241 e. The van der Waals surface area contributed by atoms with E-state index in [2.05, 4.69) is 32.2 Å². The lowest BCUT2D eigenvalue weighted by Gasteiger charge is -2.14. The lowest BCUT2D eigenvalue weighted by atomic mass is 10.1. The molecule has 92 valence electrons. The smallest absolute Gasteiger partial charge is 0.241 e. The van der Waals surface area contributed by atoms with Crippen molar-refractivity contribution in [3.05, 3.63) is 18.0 Å². The predicted octanol–water partition coefficient (Wildman–Crippen LogP) is -0.901.